The molecule has 1 aliphatic rings. The number of carbonyl (C=O) groups excluding carboxylic acids is 1. The third-order valence-electron chi connectivity index (χ3n) is 3.16. The monoisotopic (exact) mass is 254 g/mol. The number of hydrogen-bond acceptors (Lipinski definition) is 4. The molecule has 0 bridgehead atoms. The molecule has 0 aromatic carbocycles. The first-order valence-corrected chi connectivity index (χ1v) is 6.74. The van der Waals surface area contributed by atoms with Crippen LogP contribution in [0, 0.1) is 5.92 Å². The summed E-state index contributed by atoms with van der Waals surface area (Å²) in [6.45, 7) is 2.29. The summed E-state index contributed by atoms with van der Waals surface area (Å²) in [4.78, 5) is 14.9. The summed E-state index contributed by atoms with van der Waals surface area (Å²) in [6, 6.07) is 1.80. The number of rotatable bonds is 3. The van der Waals surface area contributed by atoms with Gasteiger partial charge in [-0.2, -0.15) is 0 Å². The smallest absolute Gasteiger partial charge is 0.264 e. The highest BCUT2D eigenvalue weighted by Gasteiger charge is 2.24. The molecule has 0 aliphatic carbocycles. The van der Waals surface area contributed by atoms with Crippen molar-refractivity contribution in [1.29, 1.82) is 0 Å². The standard InChI is InChI=1S/C12H18N2O2S/c1-16-10-5-11(17-8-10)12(15)14-4-2-3-9(6-13)7-14/h5,8-9H,2-4,6-7,13H2,1H3. The van der Waals surface area contributed by atoms with E-state index in [0.717, 1.165) is 36.6 Å². The molecular formula is C12H18N2O2S. The maximum Gasteiger partial charge on any atom is 0.264 e. The molecule has 5 heteroatoms. The molecule has 1 aromatic heterocycles. The van der Waals surface area contributed by atoms with E-state index >= 15 is 0 Å². The van der Waals surface area contributed by atoms with Gasteiger partial charge in [-0.25, -0.2) is 0 Å². The van der Waals surface area contributed by atoms with Gasteiger partial charge in [0, 0.05) is 24.5 Å². The number of amides is 1. The van der Waals surface area contributed by atoms with Gasteiger partial charge in [0.2, 0.25) is 0 Å². The fraction of sp³-hybridized carbons (Fsp3) is 0.583. The lowest BCUT2D eigenvalue weighted by Gasteiger charge is -2.31. The van der Waals surface area contributed by atoms with Crippen LogP contribution in [0.15, 0.2) is 11.4 Å². The Morgan fingerprint density at radius 1 is 1.71 bits per heavy atom. The molecule has 0 radical (unpaired) electrons. The van der Waals surface area contributed by atoms with Gasteiger partial charge in [-0.3, -0.25) is 4.79 Å². The summed E-state index contributed by atoms with van der Waals surface area (Å²) < 4.78 is 5.09. The van der Waals surface area contributed by atoms with Crippen molar-refractivity contribution in [3.05, 3.63) is 16.3 Å². The molecule has 2 heterocycles. The number of methoxy groups -OCH3 is 1. The Hall–Kier alpha value is -1.07. The Kier molecular flexibility index (Phi) is 4.02. The Morgan fingerprint density at radius 2 is 2.53 bits per heavy atom. The van der Waals surface area contributed by atoms with E-state index in [0.29, 0.717) is 12.5 Å². The average Bonchev–Trinajstić information content (AvgIpc) is 2.86. The van der Waals surface area contributed by atoms with E-state index in [1.54, 1.807) is 13.2 Å². The molecule has 1 aliphatic heterocycles. The summed E-state index contributed by atoms with van der Waals surface area (Å²) in [7, 11) is 1.61. The number of piperidine rings is 1. The Balaban J connectivity index is 2.03. The van der Waals surface area contributed by atoms with E-state index in [1.165, 1.54) is 11.3 Å². The molecule has 94 valence electrons. The van der Waals surface area contributed by atoms with Crippen LogP contribution < -0.4 is 10.5 Å². The van der Waals surface area contributed by atoms with E-state index < -0.39 is 0 Å². The average molecular weight is 254 g/mol. The quantitative estimate of drug-likeness (QED) is 0.890. The molecule has 1 aromatic rings. The lowest BCUT2D eigenvalue weighted by molar-refractivity contribution is 0.0683. The number of nitrogens with zero attached hydrogens (tertiary/aromatic N) is 1. The fourth-order valence-electron chi connectivity index (χ4n) is 2.14. The Labute approximate surface area is 105 Å². The number of nitrogens with two attached hydrogens (primary N) is 1. The van der Waals surface area contributed by atoms with Crippen molar-refractivity contribution in [2.24, 2.45) is 11.7 Å². The van der Waals surface area contributed by atoms with E-state index in [2.05, 4.69) is 0 Å². The van der Waals surface area contributed by atoms with E-state index in [1.807, 2.05) is 10.3 Å². The van der Waals surface area contributed by atoms with Crippen molar-refractivity contribution in [2.75, 3.05) is 26.7 Å². The van der Waals surface area contributed by atoms with Gasteiger partial charge < -0.3 is 15.4 Å². The summed E-state index contributed by atoms with van der Waals surface area (Å²) in [5.74, 6) is 1.32. The molecule has 4 nitrogen and oxygen atoms in total. The van der Waals surface area contributed by atoms with Crippen molar-refractivity contribution < 1.29 is 9.53 Å². The van der Waals surface area contributed by atoms with Crippen LogP contribution in [0.4, 0.5) is 0 Å². The van der Waals surface area contributed by atoms with Crippen LogP contribution in [0.25, 0.3) is 0 Å². The van der Waals surface area contributed by atoms with Crippen LogP contribution in [0.1, 0.15) is 22.5 Å². The number of ether oxygens (including phenoxy) is 1. The first-order valence-electron chi connectivity index (χ1n) is 5.86. The minimum absolute atomic E-state index is 0.108. The molecule has 2 N–H and O–H groups in total. The second-order valence-electron chi connectivity index (χ2n) is 4.35. The molecule has 1 atom stereocenters. The van der Waals surface area contributed by atoms with Gasteiger partial charge in [-0.05, 0) is 25.3 Å². The predicted octanol–water partition coefficient (Wildman–Crippen LogP) is 1.57. The minimum atomic E-state index is 0.108. The van der Waals surface area contributed by atoms with Crippen LogP contribution in [-0.2, 0) is 0 Å². The molecule has 2 rings (SSSR count). The number of likely N-dealkylation sites (tertiary alicyclic amines) is 1. The van der Waals surface area contributed by atoms with Crippen molar-refractivity contribution in [1.82, 2.24) is 4.90 Å². The first-order chi connectivity index (χ1) is 8.24. The van der Waals surface area contributed by atoms with Crippen LogP contribution in [0.2, 0.25) is 0 Å². The summed E-state index contributed by atoms with van der Waals surface area (Å²) in [6.07, 6.45) is 2.18. The zero-order valence-corrected chi connectivity index (χ0v) is 10.8. The summed E-state index contributed by atoms with van der Waals surface area (Å²) in [5.41, 5.74) is 5.67. The normalized spacial score (nSPS) is 20.4. The first kappa shape index (κ1) is 12.4. The number of hydrogen-bond donors (Lipinski definition) is 1. The zero-order chi connectivity index (χ0) is 12.3. The van der Waals surface area contributed by atoms with Crippen LogP contribution in [0.3, 0.4) is 0 Å². The SMILES string of the molecule is COc1csc(C(=O)N2CCCC(CN)C2)c1. The fourth-order valence-corrected chi connectivity index (χ4v) is 2.96. The third-order valence-corrected chi connectivity index (χ3v) is 4.06. The van der Waals surface area contributed by atoms with Crippen molar-refractivity contribution in [2.45, 2.75) is 12.8 Å². The second kappa shape index (κ2) is 5.51. The van der Waals surface area contributed by atoms with Gasteiger partial charge in [0.15, 0.2) is 0 Å². The van der Waals surface area contributed by atoms with Crippen LogP contribution in [-0.4, -0.2) is 37.6 Å². The van der Waals surface area contributed by atoms with E-state index in [4.69, 9.17) is 10.5 Å². The van der Waals surface area contributed by atoms with Gasteiger partial charge in [-0.15, -0.1) is 11.3 Å². The van der Waals surface area contributed by atoms with Crippen molar-refractivity contribution in [3.8, 4) is 5.75 Å². The summed E-state index contributed by atoms with van der Waals surface area (Å²) >= 11 is 1.44. The highest BCUT2D eigenvalue weighted by molar-refractivity contribution is 7.12. The molecule has 0 spiro atoms. The number of thiophene rings is 1. The van der Waals surface area contributed by atoms with Crippen LogP contribution >= 0.6 is 11.3 Å². The number of carbonyl (C=O) groups is 1. The van der Waals surface area contributed by atoms with Gasteiger partial charge in [0.05, 0.1) is 12.0 Å². The maximum atomic E-state index is 12.2. The highest BCUT2D eigenvalue weighted by Crippen LogP contribution is 2.24. The molecule has 1 unspecified atom stereocenters. The Morgan fingerprint density at radius 3 is 3.18 bits per heavy atom. The maximum absolute atomic E-state index is 12.2. The molecule has 1 fully saturated rings. The molecule has 1 saturated heterocycles. The van der Waals surface area contributed by atoms with Crippen molar-refractivity contribution in [3.63, 3.8) is 0 Å². The predicted molar refractivity (Wildman–Crippen MR) is 68.6 cm³/mol. The van der Waals surface area contributed by atoms with E-state index in [9.17, 15) is 4.79 Å². The van der Waals surface area contributed by atoms with Gasteiger partial charge >= 0.3 is 0 Å². The molecule has 0 saturated carbocycles. The minimum Gasteiger partial charge on any atom is -0.496 e. The van der Waals surface area contributed by atoms with Crippen LogP contribution in [0.5, 0.6) is 5.75 Å². The van der Waals surface area contributed by atoms with Gasteiger partial charge in [-0.1, -0.05) is 0 Å². The van der Waals surface area contributed by atoms with Gasteiger partial charge in [0.25, 0.3) is 5.91 Å². The highest BCUT2D eigenvalue weighted by atomic mass is 32.1. The lowest BCUT2D eigenvalue weighted by Crippen LogP contribution is -2.41. The lowest BCUT2D eigenvalue weighted by atomic mass is 9.98. The zero-order valence-electron chi connectivity index (χ0n) is 10.0. The molecular weight excluding hydrogens is 236 g/mol. The third kappa shape index (κ3) is 2.79. The summed E-state index contributed by atoms with van der Waals surface area (Å²) in [5, 5.41) is 1.86. The largest absolute Gasteiger partial charge is 0.496 e. The second-order valence-corrected chi connectivity index (χ2v) is 5.26. The molecule has 1 amide bonds. The molecule has 17 heavy (non-hydrogen) atoms. The van der Waals surface area contributed by atoms with E-state index in [-0.39, 0.29) is 5.91 Å². The van der Waals surface area contributed by atoms with Gasteiger partial charge in [0.1, 0.15) is 5.75 Å². The Bertz CT molecular complexity index is 392. The van der Waals surface area contributed by atoms with Crippen molar-refractivity contribution >= 4 is 17.2 Å². The topological polar surface area (TPSA) is 55.6 Å².